The molecule has 1 fully saturated rings. The molecule has 1 heterocycles. The van der Waals surface area contributed by atoms with E-state index in [4.69, 9.17) is 16.3 Å². The summed E-state index contributed by atoms with van der Waals surface area (Å²) in [6, 6.07) is 8.65. The Labute approximate surface area is 198 Å². The van der Waals surface area contributed by atoms with Gasteiger partial charge in [0, 0.05) is 34.6 Å². The van der Waals surface area contributed by atoms with E-state index in [0.29, 0.717) is 36.4 Å². The van der Waals surface area contributed by atoms with Crippen LogP contribution in [-0.2, 0) is 10.0 Å². The summed E-state index contributed by atoms with van der Waals surface area (Å²) in [7, 11) is -4.40. The Morgan fingerprint density at radius 2 is 1.94 bits per heavy atom. The van der Waals surface area contributed by atoms with Crippen molar-refractivity contribution in [2.24, 2.45) is 5.92 Å². The Balaban J connectivity index is 1.51. The number of aliphatic hydroxyl groups is 1. The monoisotopic (exact) mass is 515 g/mol. The second-order valence-corrected chi connectivity index (χ2v) is 10.6. The Kier molecular flexibility index (Phi) is 7.13. The van der Waals surface area contributed by atoms with Crippen LogP contribution >= 0.6 is 23.1 Å². The van der Waals surface area contributed by atoms with Gasteiger partial charge >= 0.3 is 0 Å². The molecule has 1 aliphatic carbocycles. The smallest absolute Gasteiger partial charge is 0.266 e. The number of rotatable bonds is 7. The molecular formula is C21H20ClF2N3O4S2. The molecule has 0 spiro atoms. The Bertz CT molecular complexity index is 1210. The zero-order chi connectivity index (χ0) is 23.6. The molecule has 1 saturated carbocycles. The van der Waals surface area contributed by atoms with Gasteiger partial charge in [0.2, 0.25) is 5.13 Å². The quantitative estimate of drug-likeness (QED) is 0.477. The highest BCUT2D eigenvalue weighted by Crippen LogP contribution is 2.39. The van der Waals surface area contributed by atoms with Crippen molar-refractivity contribution in [3.63, 3.8) is 0 Å². The van der Waals surface area contributed by atoms with Crippen molar-refractivity contribution in [1.82, 2.24) is 9.36 Å². The third-order valence-electron chi connectivity index (χ3n) is 5.56. The van der Waals surface area contributed by atoms with Crippen molar-refractivity contribution >= 4 is 38.3 Å². The number of aliphatic hydroxyl groups excluding tert-OH is 1. The molecule has 176 valence electrons. The average molecular weight is 516 g/mol. The second-order valence-electron chi connectivity index (χ2n) is 7.76. The van der Waals surface area contributed by atoms with Crippen LogP contribution in [0.25, 0.3) is 0 Å². The van der Waals surface area contributed by atoms with Gasteiger partial charge in [-0.05, 0) is 42.9 Å². The van der Waals surface area contributed by atoms with Crippen LogP contribution in [0, 0.1) is 17.6 Å². The number of benzene rings is 2. The molecule has 1 unspecified atom stereocenters. The van der Waals surface area contributed by atoms with Gasteiger partial charge in [0.15, 0.2) is 11.6 Å². The molecule has 7 nitrogen and oxygen atoms in total. The molecule has 0 saturated heterocycles. The number of anilines is 1. The molecule has 1 aliphatic rings. The van der Waals surface area contributed by atoms with E-state index in [1.807, 2.05) is 12.1 Å². The first kappa shape index (κ1) is 23.8. The fourth-order valence-electron chi connectivity index (χ4n) is 3.98. The van der Waals surface area contributed by atoms with Crippen LogP contribution < -0.4 is 9.46 Å². The lowest BCUT2D eigenvalue weighted by atomic mass is 9.75. The summed E-state index contributed by atoms with van der Waals surface area (Å²) in [6.45, 7) is 0.0237. The van der Waals surface area contributed by atoms with Gasteiger partial charge in [-0.25, -0.2) is 22.2 Å². The molecule has 3 aromatic rings. The van der Waals surface area contributed by atoms with Crippen LogP contribution in [0.1, 0.15) is 30.7 Å². The maximum absolute atomic E-state index is 14.7. The first-order chi connectivity index (χ1) is 15.7. The normalized spacial score (nSPS) is 21.0. The molecule has 3 atom stereocenters. The molecule has 33 heavy (non-hydrogen) atoms. The minimum atomic E-state index is -4.40. The third-order valence-corrected chi connectivity index (χ3v) is 7.88. The van der Waals surface area contributed by atoms with Gasteiger partial charge in [-0.3, -0.25) is 4.72 Å². The zero-order valence-corrected chi connectivity index (χ0v) is 19.5. The summed E-state index contributed by atoms with van der Waals surface area (Å²) in [5.41, 5.74) is 1.02. The van der Waals surface area contributed by atoms with Crippen molar-refractivity contribution in [3.05, 3.63) is 64.9 Å². The van der Waals surface area contributed by atoms with Crippen LogP contribution in [0.2, 0.25) is 5.02 Å². The molecule has 1 aromatic heterocycles. The summed E-state index contributed by atoms with van der Waals surface area (Å²) < 4.78 is 65.3. The van der Waals surface area contributed by atoms with Crippen LogP contribution in [0.3, 0.4) is 0 Å². The second kappa shape index (κ2) is 9.88. The average Bonchev–Trinajstić information content (AvgIpc) is 3.27. The van der Waals surface area contributed by atoms with Gasteiger partial charge in [-0.1, -0.05) is 23.7 Å². The SMILES string of the molecule is O=S(=O)(Nc1ncns1)c1cc(F)c(OC[C@@H]2C[C@@H](O)CCC2c2ccc(Cl)cc2)cc1F. The van der Waals surface area contributed by atoms with Gasteiger partial charge < -0.3 is 9.84 Å². The summed E-state index contributed by atoms with van der Waals surface area (Å²) in [4.78, 5) is 2.80. The summed E-state index contributed by atoms with van der Waals surface area (Å²) >= 11 is 6.73. The topological polar surface area (TPSA) is 101 Å². The van der Waals surface area contributed by atoms with E-state index in [-0.39, 0.29) is 23.6 Å². The van der Waals surface area contributed by atoms with E-state index in [1.165, 1.54) is 0 Å². The lowest BCUT2D eigenvalue weighted by Gasteiger charge is -2.34. The van der Waals surface area contributed by atoms with E-state index in [0.717, 1.165) is 23.4 Å². The van der Waals surface area contributed by atoms with Gasteiger partial charge in [0.05, 0.1) is 12.7 Å². The number of aromatic nitrogens is 2. The van der Waals surface area contributed by atoms with Gasteiger partial charge in [-0.15, -0.1) is 0 Å². The van der Waals surface area contributed by atoms with Crippen molar-refractivity contribution in [2.45, 2.75) is 36.2 Å². The Morgan fingerprint density at radius 1 is 1.18 bits per heavy atom. The minimum Gasteiger partial charge on any atom is -0.490 e. The van der Waals surface area contributed by atoms with E-state index in [9.17, 15) is 22.3 Å². The molecule has 0 aliphatic heterocycles. The highest BCUT2D eigenvalue weighted by molar-refractivity contribution is 7.93. The highest BCUT2D eigenvalue weighted by atomic mass is 35.5. The Morgan fingerprint density at radius 3 is 2.64 bits per heavy atom. The summed E-state index contributed by atoms with van der Waals surface area (Å²) in [5, 5.41) is 10.7. The number of ether oxygens (including phenoxy) is 1. The lowest BCUT2D eigenvalue weighted by Crippen LogP contribution is -2.30. The molecule has 0 radical (unpaired) electrons. The third kappa shape index (κ3) is 5.60. The molecule has 2 N–H and O–H groups in total. The predicted octanol–water partition coefficient (Wildman–Crippen LogP) is 4.59. The first-order valence-electron chi connectivity index (χ1n) is 10.1. The maximum atomic E-state index is 14.7. The standard InChI is InChI=1S/C21H20ClF2N3O4S2/c22-14-3-1-12(2-4-14)16-6-5-15(28)7-13(16)10-31-19-8-18(24)20(9-17(19)23)33(29,30)27-21-25-11-26-32-21/h1-4,8-9,11,13,15-16,28H,5-7,10H2,(H,25,26,27)/t13-,15-,16?/m0/s1. The van der Waals surface area contributed by atoms with Crippen molar-refractivity contribution in [1.29, 1.82) is 0 Å². The molecule has 0 amide bonds. The number of nitrogens with one attached hydrogen (secondary N) is 1. The van der Waals surface area contributed by atoms with E-state index in [1.54, 1.807) is 12.1 Å². The van der Waals surface area contributed by atoms with E-state index in [2.05, 4.69) is 14.1 Å². The van der Waals surface area contributed by atoms with Crippen LogP contribution in [0.4, 0.5) is 13.9 Å². The van der Waals surface area contributed by atoms with Crippen LogP contribution in [0.15, 0.2) is 47.6 Å². The number of hydrogen-bond acceptors (Lipinski definition) is 7. The molecule has 12 heteroatoms. The number of hydrogen-bond donors (Lipinski definition) is 2. The largest absolute Gasteiger partial charge is 0.490 e. The maximum Gasteiger partial charge on any atom is 0.266 e. The highest BCUT2D eigenvalue weighted by Gasteiger charge is 2.32. The zero-order valence-electron chi connectivity index (χ0n) is 17.1. The first-order valence-corrected chi connectivity index (χ1v) is 12.7. The molecular weight excluding hydrogens is 496 g/mol. The fourth-order valence-corrected chi connectivity index (χ4v) is 5.84. The number of nitrogens with zero attached hydrogens (tertiary/aromatic N) is 2. The van der Waals surface area contributed by atoms with Gasteiger partial charge in [-0.2, -0.15) is 4.37 Å². The van der Waals surface area contributed by atoms with Crippen molar-refractivity contribution < 1.29 is 27.0 Å². The molecule has 0 bridgehead atoms. The van der Waals surface area contributed by atoms with Gasteiger partial charge in [0.25, 0.3) is 10.0 Å². The molecule has 4 rings (SSSR count). The van der Waals surface area contributed by atoms with Crippen LogP contribution in [-0.4, -0.2) is 35.6 Å². The summed E-state index contributed by atoms with van der Waals surface area (Å²) in [5.74, 6) is -2.69. The number of sulfonamides is 1. The van der Waals surface area contributed by atoms with Crippen molar-refractivity contribution in [2.75, 3.05) is 11.3 Å². The predicted molar refractivity (Wildman–Crippen MR) is 120 cm³/mol. The number of halogens is 3. The van der Waals surface area contributed by atoms with Crippen LogP contribution in [0.5, 0.6) is 5.75 Å². The Hall–Kier alpha value is -2.34. The van der Waals surface area contributed by atoms with E-state index < -0.39 is 38.4 Å². The lowest BCUT2D eigenvalue weighted by molar-refractivity contribution is 0.0670. The van der Waals surface area contributed by atoms with E-state index >= 15 is 0 Å². The van der Waals surface area contributed by atoms with Crippen molar-refractivity contribution in [3.8, 4) is 5.75 Å². The summed E-state index contributed by atoms with van der Waals surface area (Å²) in [6.07, 6.45) is 2.40. The fraction of sp³-hybridized carbons (Fsp3) is 0.333. The minimum absolute atomic E-state index is 0.0237. The van der Waals surface area contributed by atoms with Gasteiger partial charge in [0.1, 0.15) is 17.0 Å². The molecule has 2 aromatic carbocycles.